The van der Waals surface area contributed by atoms with E-state index >= 15 is 0 Å². The standard InChI is InChI=1S/C28H20N2O2/c1-32-26(31)17-30-16-21(22-7-2-3-8-25(22)30)15-29-24-14-12-20-10-9-18-5-4-6-19-11-13-23(24)28(20)27(18)19/h2-16H,17H2,1H3. The minimum absolute atomic E-state index is 0.170. The Labute approximate surface area is 184 Å². The van der Waals surface area contributed by atoms with Gasteiger partial charge in [0, 0.05) is 34.3 Å². The molecule has 4 nitrogen and oxygen atoms in total. The minimum Gasteiger partial charge on any atom is -0.468 e. The van der Waals surface area contributed by atoms with E-state index in [1.165, 1.54) is 34.0 Å². The van der Waals surface area contributed by atoms with Crippen molar-refractivity contribution < 1.29 is 9.53 Å². The molecule has 154 valence electrons. The number of methoxy groups -OCH3 is 1. The number of hydrogen-bond acceptors (Lipinski definition) is 3. The number of carbonyl (C=O) groups excluding carboxylic acids is 1. The van der Waals surface area contributed by atoms with Crippen LogP contribution < -0.4 is 0 Å². The fourth-order valence-electron chi connectivity index (χ4n) is 4.68. The molecule has 0 spiro atoms. The first-order valence-electron chi connectivity index (χ1n) is 10.6. The van der Waals surface area contributed by atoms with Crippen LogP contribution in [0.15, 0.2) is 90.1 Å². The molecule has 0 saturated carbocycles. The van der Waals surface area contributed by atoms with E-state index in [1.54, 1.807) is 0 Å². The van der Waals surface area contributed by atoms with E-state index in [4.69, 9.17) is 9.73 Å². The quantitative estimate of drug-likeness (QED) is 0.188. The lowest BCUT2D eigenvalue weighted by molar-refractivity contribution is -0.141. The van der Waals surface area contributed by atoms with Crippen LogP contribution in [0.4, 0.5) is 5.69 Å². The van der Waals surface area contributed by atoms with Crippen LogP contribution >= 0.6 is 0 Å². The number of aromatic nitrogens is 1. The highest BCUT2D eigenvalue weighted by Crippen LogP contribution is 2.38. The summed E-state index contributed by atoms with van der Waals surface area (Å²) in [6, 6.07) is 27.4. The Kier molecular flexibility index (Phi) is 4.18. The monoisotopic (exact) mass is 416 g/mol. The number of fused-ring (bicyclic) bond motifs is 1. The van der Waals surface area contributed by atoms with Crippen molar-refractivity contribution >= 4 is 61.1 Å². The van der Waals surface area contributed by atoms with Gasteiger partial charge in [-0.15, -0.1) is 0 Å². The molecule has 0 saturated heterocycles. The predicted octanol–water partition coefficient (Wildman–Crippen LogP) is 6.46. The number of carbonyl (C=O) groups is 1. The zero-order chi connectivity index (χ0) is 21.7. The summed E-state index contributed by atoms with van der Waals surface area (Å²) >= 11 is 0. The number of ether oxygens (including phenoxy) is 1. The van der Waals surface area contributed by atoms with Gasteiger partial charge in [-0.3, -0.25) is 9.79 Å². The van der Waals surface area contributed by atoms with Crippen LogP contribution in [0.3, 0.4) is 0 Å². The van der Waals surface area contributed by atoms with E-state index in [1.807, 2.05) is 35.2 Å². The third kappa shape index (κ3) is 2.84. The molecular weight excluding hydrogens is 396 g/mol. The van der Waals surface area contributed by atoms with Crippen molar-refractivity contribution in [2.45, 2.75) is 6.54 Å². The Bertz CT molecular complexity index is 1640. The van der Waals surface area contributed by atoms with Crippen molar-refractivity contribution in [3.05, 3.63) is 90.6 Å². The molecule has 0 atom stereocenters. The molecule has 1 heterocycles. The first kappa shape index (κ1) is 18.6. The van der Waals surface area contributed by atoms with Crippen molar-refractivity contribution in [3.63, 3.8) is 0 Å². The van der Waals surface area contributed by atoms with E-state index in [0.717, 1.165) is 27.5 Å². The molecule has 0 fully saturated rings. The largest absolute Gasteiger partial charge is 0.468 e. The zero-order valence-electron chi connectivity index (χ0n) is 17.6. The van der Waals surface area contributed by atoms with Crippen LogP contribution in [-0.4, -0.2) is 23.9 Å². The molecule has 0 N–H and O–H groups in total. The van der Waals surface area contributed by atoms with Crippen LogP contribution in [0.5, 0.6) is 0 Å². The van der Waals surface area contributed by atoms with Gasteiger partial charge in [-0.05, 0) is 39.1 Å². The van der Waals surface area contributed by atoms with Crippen LogP contribution in [0, 0.1) is 0 Å². The van der Waals surface area contributed by atoms with E-state index in [9.17, 15) is 4.79 Å². The molecule has 1 aromatic heterocycles. The molecule has 5 aromatic carbocycles. The van der Waals surface area contributed by atoms with E-state index in [-0.39, 0.29) is 12.5 Å². The second kappa shape index (κ2) is 7.20. The lowest BCUT2D eigenvalue weighted by Gasteiger charge is -2.11. The zero-order valence-corrected chi connectivity index (χ0v) is 17.6. The molecule has 6 aromatic rings. The normalized spacial score (nSPS) is 12.0. The minimum atomic E-state index is -0.277. The maximum atomic E-state index is 11.8. The Morgan fingerprint density at radius 2 is 1.56 bits per heavy atom. The van der Waals surface area contributed by atoms with Crippen molar-refractivity contribution in [1.29, 1.82) is 0 Å². The Morgan fingerprint density at radius 3 is 2.38 bits per heavy atom. The van der Waals surface area contributed by atoms with Gasteiger partial charge in [0.25, 0.3) is 0 Å². The van der Waals surface area contributed by atoms with Gasteiger partial charge in [-0.2, -0.15) is 0 Å². The lowest BCUT2D eigenvalue weighted by atomic mass is 9.93. The SMILES string of the molecule is COC(=O)Cn1cc(C=Nc2ccc3ccc4cccc5ccc2c3c45)c2ccccc21. The highest BCUT2D eigenvalue weighted by Gasteiger charge is 2.12. The summed E-state index contributed by atoms with van der Waals surface area (Å²) in [6.45, 7) is 0.170. The lowest BCUT2D eigenvalue weighted by Crippen LogP contribution is -2.10. The third-order valence-corrected chi connectivity index (χ3v) is 6.19. The average molecular weight is 416 g/mol. The molecule has 4 heteroatoms. The van der Waals surface area contributed by atoms with Crippen LogP contribution in [0.1, 0.15) is 5.56 Å². The summed E-state index contributed by atoms with van der Waals surface area (Å²) in [5, 5.41) is 8.44. The third-order valence-electron chi connectivity index (χ3n) is 6.19. The van der Waals surface area contributed by atoms with Crippen LogP contribution in [-0.2, 0) is 16.1 Å². The Hall–Kier alpha value is -4.18. The molecule has 0 radical (unpaired) electrons. The number of aliphatic imine (C=N–C) groups is 1. The summed E-state index contributed by atoms with van der Waals surface area (Å²) in [7, 11) is 1.41. The maximum absolute atomic E-state index is 11.8. The highest BCUT2D eigenvalue weighted by atomic mass is 16.5. The first-order chi connectivity index (χ1) is 15.7. The van der Waals surface area contributed by atoms with Crippen molar-refractivity contribution in [3.8, 4) is 0 Å². The Morgan fingerprint density at radius 1 is 0.844 bits per heavy atom. The number of nitrogens with zero attached hydrogens (tertiary/aromatic N) is 2. The molecular formula is C28H20N2O2. The second-order valence-corrected chi connectivity index (χ2v) is 8.00. The number of esters is 1. The fraction of sp³-hybridized carbons (Fsp3) is 0.0714. The van der Waals surface area contributed by atoms with Gasteiger partial charge in [0.1, 0.15) is 6.54 Å². The van der Waals surface area contributed by atoms with Gasteiger partial charge < -0.3 is 9.30 Å². The van der Waals surface area contributed by atoms with Gasteiger partial charge in [-0.1, -0.05) is 66.7 Å². The maximum Gasteiger partial charge on any atom is 0.325 e. The molecule has 0 bridgehead atoms. The number of para-hydroxylation sites is 1. The topological polar surface area (TPSA) is 43.6 Å². The predicted molar refractivity (Wildman–Crippen MR) is 131 cm³/mol. The Balaban J connectivity index is 1.50. The van der Waals surface area contributed by atoms with Crippen molar-refractivity contribution in [1.82, 2.24) is 4.57 Å². The van der Waals surface area contributed by atoms with Crippen molar-refractivity contribution in [2.75, 3.05) is 7.11 Å². The van der Waals surface area contributed by atoms with Gasteiger partial charge in [0.15, 0.2) is 0 Å². The second-order valence-electron chi connectivity index (χ2n) is 8.00. The molecule has 0 aliphatic rings. The highest BCUT2D eigenvalue weighted by molar-refractivity contribution is 6.25. The molecule has 32 heavy (non-hydrogen) atoms. The van der Waals surface area contributed by atoms with E-state index < -0.39 is 0 Å². The smallest absolute Gasteiger partial charge is 0.325 e. The summed E-state index contributed by atoms with van der Waals surface area (Å²) in [4.78, 5) is 16.7. The molecule has 0 aliphatic heterocycles. The van der Waals surface area contributed by atoms with Gasteiger partial charge >= 0.3 is 5.97 Å². The number of rotatable bonds is 4. The molecule has 0 unspecified atom stereocenters. The summed E-state index contributed by atoms with van der Waals surface area (Å²) in [5.74, 6) is -0.277. The first-order valence-corrected chi connectivity index (χ1v) is 10.6. The summed E-state index contributed by atoms with van der Waals surface area (Å²) < 4.78 is 6.76. The van der Waals surface area contributed by atoms with Crippen LogP contribution in [0.2, 0.25) is 0 Å². The van der Waals surface area contributed by atoms with Crippen LogP contribution in [0.25, 0.3) is 43.2 Å². The average Bonchev–Trinajstić information content (AvgIpc) is 3.18. The fourth-order valence-corrected chi connectivity index (χ4v) is 4.68. The summed E-state index contributed by atoms with van der Waals surface area (Å²) in [5.41, 5.74) is 2.88. The number of hydrogen-bond donors (Lipinski definition) is 0. The van der Waals surface area contributed by atoms with Gasteiger partial charge in [0.05, 0.1) is 12.8 Å². The molecule has 6 rings (SSSR count). The molecule has 0 amide bonds. The van der Waals surface area contributed by atoms with E-state index in [0.29, 0.717) is 0 Å². The van der Waals surface area contributed by atoms with E-state index in [2.05, 4.69) is 60.7 Å². The van der Waals surface area contributed by atoms with Gasteiger partial charge in [-0.25, -0.2) is 0 Å². The summed E-state index contributed by atoms with van der Waals surface area (Å²) in [6.07, 6.45) is 3.85. The number of benzene rings is 5. The van der Waals surface area contributed by atoms with Crippen molar-refractivity contribution in [2.24, 2.45) is 4.99 Å². The molecule has 0 aliphatic carbocycles. The van der Waals surface area contributed by atoms with Gasteiger partial charge in [0.2, 0.25) is 0 Å².